The second-order valence-electron chi connectivity index (χ2n) is 18.8. The van der Waals surface area contributed by atoms with Crippen LogP contribution in [0.25, 0.3) is 0 Å². The van der Waals surface area contributed by atoms with Crippen LogP contribution < -0.4 is 27.0 Å². The zero-order valence-corrected chi connectivity index (χ0v) is 41.9. The van der Waals surface area contributed by atoms with E-state index in [1.165, 1.54) is 44.9 Å². The molecule has 1 aliphatic rings. The Kier molecular flexibility index (Phi) is 22.9. The number of amides is 8. The van der Waals surface area contributed by atoms with E-state index in [1.807, 2.05) is 32.0 Å². The molecule has 1 saturated heterocycles. The van der Waals surface area contributed by atoms with Crippen molar-refractivity contribution in [3.8, 4) is 0 Å². The molecule has 0 unspecified atom stereocenters. The van der Waals surface area contributed by atoms with Crippen LogP contribution in [-0.4, -0.2) is 160 Å². The lowest BCUT2D eigenvalue weighted by molar-refractivity contribution is -0.154. The van der Waals surface area contributed by atoms with Crippen LogP contribution in [0.5, 0.6) is 0 Å². The van der Waals surface area contributed by atoms with Gasteiger partial charge in [-0.2, -0.15) is 0 Å². The maximum Gasteiger partial charge on any atom is 0.328 e. The Balaban J connectivity index is 1.83. The van der Waals surface area contributed by atoms with Crippen LogP contribution in [0, 0.1) is 11.8 Å². The van der Waals surface area contributed by atoms with Crippen molar-refractivity contribution in [2.24, 2.45) is 17.6 Å². The predicted octanol–water partition coefficient (Wildman–Crippen LogP) is 0.348. The Hall–Kier alpha value is -6.41. The van der Waals surface area contributed by atoms with Crippen LogP contribution in [0.2, 0.25) is 0 Å². The molecule has 70 heavy (non-hydrogen) atoms. The topological polar surface area (TPSA) is 287 Å². The molecule has 1 heterocycles. The highest BCUT2D eigenvalue weighted by atomic mass is 16.5. The fraction of sp³-hybridized carbons (Fsp3) is 0.580. The van der Waals surface area contributed by atoms with Gasteiger partial charge >= 0.3 is 5.97 Å². The number of benzene rings is 2. The Labute approximate surface area is 410 Å². The highest BCUT2D eigenvalue weighted by Gasteiger charge is 2.41. The normalized spacial score (nSPS) is 16.9. The van der Waals surface area contributed by atoms with Crippen molar-refractivity contribution >= 4 is 53.2 Å². The molecule has 2 aromatic rings. The van der Waals surface area contributed by atoms with Crippen molar-refractivity contribution in [1.29, 1.82) is 0 Å². The second kappa shape index (κ2) is 27.7. The lowest BCUT2D eigenvalue weighted by Crippen LogP contribution is -2.59. The van der Waals surface area contributed by atoms with Gasteiger partial charge in [0, 0.05) is 33.5 Å². The molecule has 0 spiro atoms. The van der Waals surface area contributed by atoms with Gasteiger partial charge in [0.15, 0.2) is 0 Å². The summed E-state index contributed by atoms with van der Waals surface area (Å²) in [5.41, 5.74) is 6.88. The molecular formula is C50H74N8O12. The maximum atomic E-state index is 14.2. The number of carbonyl (C=O) groups is 9. The van der Waals surface area contributed by atoms with E-state index in [4.69, 9.17) is 10.5 Å². The molecule has 8 amide bonds. The Morgan fingerprint density at radius 1 is 0.743 bits per heavy atom. The highest BCUT2D eigenvalue weighted by Crippen LogP contribution is 2.23. The van der Waals surface area contributed by atoms with Crippen LogP contribution in [0.1, 0.15) is 91.2 Å². The number of hydrogen-bond acceptors (Lipinski definition) is 12. The van der Waals surface area contributed by atoms with Gasteiger partial charge in [0.05, 0.1) is 25.7 Å². The summed E-state index contributed by atoms with van der Waals surface area (Å²) in [5, 5.41) is 32.1. The van der Waals surface area contributed by atoms with Gasteiger partial charge in [-0.3, -0.25) is 38.4 Å². The lowest BCUT2D eigenvalue weighted by atomic mass is 9.96. The quantitative estimate of drug-likeness (QED) is 0.0629. The zero-order chi connectivity index (χ0) is 52.4. The molecule has 1 aliphatic heterocycles. The number of rotatable bonds is 26. The number of methoxy groups -OCH3 is 1. The number of likely N-dealkylation sites (N-methyl/N-ethyl adjacent to an activating group) is 2. The number of likely N-dealkylation sites (tertiary alicyclic amines) is 1. The minimum absolute atomic E-state index is 0.0121. The van der Waals surface area contributed by atoms with E-state index < -0.39 is 120 Å². The SMILES string of the molecule is COC(=O)[C@@H]1CCCN1C(=O)[C@@H](Cc1ccccc1)N(C)C(=O)[C@@H](C)NC(=O)[C@H](CC(C)C)NC(=O)C[C@H](O)[C@H](Cc1ccccc1)NC(=O)[C@H](CCC(N)=O)N(C)C(=O)[C@@H](NC(=O)[C@H](C)O)C(C)C. The van der Waals surface area contributed by atoms with Crippen molar-refractivity contribution in [2.45, 2.75) is 147 Å². The van der Waals surface area contributed by atoms with Crippen molar-refractivity contribution in [1.82, 2.24) is 36.0 Å². The average molecular weight is 979 g/mol. The Bertz CT molecular complexity index is 2110. The molecule has 0 saturated carbocycles. The van der Waals surface area contributed by atoms with E-state index in [0.29, 0.717) is 24.9 Å². The van der Waals surface area contributed by atoms with Gasteiger partial charge in [0.2, 0.25) is 47.3 Å². The van der Waals surface area contributed by atoms with Crippen molar-refractivity contribution in [3.63, 3.8) is 0 Å². The first-order valence-corrected chi connectivity index (χ1v) is 23.8. The summed E-state index contributed by atoms with van der Waals surface area (Å²) in [7, 11) is 4.02. The standard InChI is InChI=1S/C50H74N8O12/c1-29(2)25-36(45(64)52-31(5)47(66)57(8)39(27-34-19-14-11-15-20-34)48(67)58-24-16-21-38(58)50(69)70-9)53-42(62)28-40(60)35(26-33-17-12-10-13-18-33)54-46(65)37(22-23-41(51)61)56(7)49(68)43(30(3)4)55-44(63)32(6)59/h10-15,17-20,29-32,35-40,43,59-60H,16,21-28H2,1-9H3,(H2,51,61)(H,52,64)(H,53,62)(H,54,65)(H,55,63)/t31-,32+,35+,36+,37+,38+,39-,40+,43+/m1/s1. The molecule has 8 N–H and O–H groups in total. The fourth-order valence-corrected chi connectivity index (χ4v) is 8.32. The molecule has 0 aromatic heterocycles. The van der Waals surface area contributed by atoms with Gasteiger partial charge in [-0.15, -0.1) is 0 Å². The van der Waals surface area contributed by atoms with Gasteiger partial charge in [-0.25, -0.2) is 4.79 Å². The summed E-state index contributed by atoms with van der Waals surface area (Å²) in [6.07, 6.45) is -2.88. The van der Waals surface area contributed by atoms with Crippen molar-refractivity contribution in [3.05, 3.63) is 71.8 Å². The lowest BCUT2D eigenvalue weighted by Gasteiger charge is -2.34. The number of nitrogens with zero attached hydrogens (tertiary/aromatic N) is 3. The van der Waals surface area contributed by atoms with Gasteiger partial charge < -0.3 is 56.7 Å². The summed E-state index contributed by atoms with van der Waals surface area (Å²) in [4.78, 5) is 125. The zero-order valence-electron chi connectivity index (χ0n) is 41.9. The molecule has 0 aliphatic carbocycles. The molecule has 1 fully saturated rings. The Morgan fingerprint density at radius 2 is 1.31 bits per heavy atom. The number of ether oxygens (including phenoxy) is 1. The van der Waals surface area contributed by atoms with Crippen molar-refractivity contribution < 1.29 is 58.1 Å². The summed E-state index contributed by atoms with van der Waals surface area (Å²) >= 11 is 0. The molecular weight excluding hydrogens is 905 g/mol. The number of esters is 1. The number of nitrogens with one attached hydrogen (secondary N) is 4. The molecule has 0 radical (unpaired) electrons. The average Bonchev–Trinajstić information content (AvgIpc) is 3.81. The van der Waals surface area contributed by atoms with E-state index in [1.54, 1.807) is 56.3 Å². The van der Waals surface area contributed by atoms with Gasteiger partial charge in [-0.05, 0) is 68.9 Å². The minimum atomic E-state index is -1.57. The van der Waals surface area contributed by atoms with E-state index >= 15 is 0 Å². The number of aliphatic hydroxyl groups excluding tert-OH is 2. The molecule has 20 nitrogen and oxygen atoms in total. The summed E-state index contributed by atoms with van der Waals surface area (Å²) in [6.45, 7) is 9.97. The van der Waals surface area contributed by atoms with E-state index in [-0.39, 0.29) is 38.0 Å². The van der Waals surface area contributed by atoms with E-state index in [0.717, 1.165) is 10.5 Å². The smallest absolute Gasteiger partial charge is 0.328 e. The molecule has 20 heteroatoms. The molecule has 0 bridgehead atoms. The van der Waals surface area contributed by atoms with Crippen LogP contribution in [0.4, 0.5) is 0 Å². The largest absolute Gasteiger partial charge is 0.467 e. The third-order valence-corrected chi connectivity index (χ3v) is 12.3. The van der Waals surface area contributed by atoms with E-state index in [2.05, 4.69) is 21.3 Å². The Morgan fingerprint density at radius 3 is 1.84 bits per heavy atom. The number of nitrogens with two attached hydrogens (primary N) is 1. The van der Waals surface area contributed by atoms with Gasteiger partial charge in [0.1, 0.15) is 42.4 Å². The third kappa shape index (κ3) is 17.2. The van der Waals surface area contributed by atoms with Gasteiger partial charge in [-0.1, -0.05) is 88.4 Å². The predicted molar refractivity (Wildman–Crippen MR) is 259 cm³/mol. The second-order valence-corrected chi connectivity index (χ2v) is 18.8. The van der Waals surface area contributed by atoms with Crippen LogP contribution in [0.3, 0.4) is 0 Å². The highest BCUT2D eigenvalue weighted by molar-refractivity contribution is 5.96. The van der Waals surface area contributed by atoms with Crippen LogP contribution in [-0.2, 0) is 60.7 Å². The summed E-state index contributed by atoms with van der Waals surface area (Å²) < 4.78 is 4.95. The maximum absolute atomic E-state index is 14.2. The number of primary amides is 1. The molecule has 9 atom stereocenters. The first kappa shape index (κ1) is 57.9. The molecule has 386 valence electrons. The van der Waals surface area contributed by atoms with Crippen LogP contribution in [0.15, 0.2) is 60.7 Å². The third-order valence-electron chi connectivity index (χ3n) is 12.3. The van der Waals surface area contributed by atoms with Crippen LogP contribution >= 0.6 is 0 Å². The summed E-state index contributed by atoms with van der Waals surface area (Å²) in [6, 6.07) is 9.96. The summed E-state index contributed by atoms with van der Waals surface area (Å²) in [5.74, 6) is -6.73. The van der Waals surface area contributed by atoms with Gasteiger partial charge in [0.25, 0.3) is 0 Å². The molecule has 2 aromatic carbocycles. The number of carbonyl (C=O) groups excluding carboxylic acids is 9. The number of aliphatic hydroxyl groups is 2. The number of hydrogen-bond donors (Lipinski definition) is 7. The molecule has 3 rings (SSSR count). The van der Waals surface area contributed by atoms with E-state index in [9.17, 15) is 53.4 Å². The minimum Gasteiger partial charge on any atom is -0.467 e. The first-order chi connectivity index (χ1) is 33.0. The first-order valence-electron chi connectivity index (χ1n) is 23.8. The fourth-order valence-electron chi connectivity index (χ4n) is 8.32. The monoisotopic (exact) mass is 979 g/mol. The van der Waals surface area contributed by atoms with Crippen molar-refractivity contribution in [2.75, 3.05) is 27.7 Å².